The first kappa shape index (κ1) is 13.6. The Bertz CT molecular complexity index is 515. The van der Waals surface area contributed by atoms with Crippen LogP contribution in [0.3, 0.4) is 0 Å². The third kappa shape index (κ3) is 3.86. The molecule has 0 aliphatic carbocycles. The van der Waals surface area contributed by atoms with E-state index in [4.69, 9.17) is 11.6 Å². The summed E-state index contributed by atoms with van der Waals surface area (Å²) in [5, 5.41) is 13.9. The van der Waals surface area contributed by atoms with Crippen LogP contribution in [0.2, 0.25) is 5.02 Å². The standard InChI is InChI=1S/C14H13ClINO/c15-11-6-4-10(5-7-11)14(18)9-17-13-3-1-2-12(16)8-13/h1-8,14,17-18H,9H2. The van der Waals surface area contributed by atoms with E-state index in [-0.39, 0.29) is 0 Å². The first-order chi connectivity index (χ1) is 8.65. The largest absolute Gasteiger partial charge is 0.387 e. The maximum absolute atomic E-state index is 10.0. The molecular weight excluding hydrogens is 361 g/mol. The lowest BCUT2D eigenvalue weighted by Crippen LogP contribution is -2.12. The Balaban J connectivity index is 1.96. The summed E-state index contributed by atoms with van der Waals surface area (Å²) in [6, 6.07) is 15.3. The Morgan fingerprint density at radius 2 is 1.89 bits per heavy atom. The first-order valence-electron chi connectivity index (χ1n) is 5.58. The molecule has 2 rings (SSSR count). The van der Waals surface area contributed by atoms with Crippen LogP contribution in [0.15, 0.2) is 48.5 Å². The van der Waals surface area contributed by atoms with Gasteiger partial charge in [-0.25, -0.2) is 0 Å². The van der Waals surface area contributed by atoms with Crippen LogP contribution < -0.4 is 5.32 Å². The third-order valence-electron chi connectivity index (χ3n) is 2.58. The zero-order valence-electron chi connectivity index (χ0n) is 9.61. The van der Waals surface area contributed by atoms with Crippen LogP contribution in [-0.4, -0.2) is 11.7 Å². The van der Waals surface area contributed by atoms with Gasteiger partial charge in [-0.2, -0.15) is 0 Å². The van der Waals surface area contributed by atoms with Gasteiger partial charge in [-0.1, -0.05) is 29.8 Å². The predicted molar refractivity (Wildman–Crippen MR) is 84.1 cm³/mol. The number of anilines is 1. The number of benzene rings is 2. The van der Waals surface area contributed by atoms with E-state index in [0.717, 1.165) is 11.3 Å². The molecule has 0 saturated carbocycles. The summed E-state index contributed by atoms with van der Waals surface area (Å²) >= 11 is 8.07. The second-order valence-electron chi connectivity index (χ2n) is 3.96. The molecule has 2 aromatic rings. The Morgan fingerprint density at radius 3 is 2.56 bits per heavy atom. The van der Waals surface area contributed by atoms with Crippen molar-refractivity contribution in [2.75, 3.05) is 11.9 Å². The van der Waals surface area contributed by atoms with Crippen molar-refractivity contribution in [3.05, 3.63) is 62.7 Å². The highest BCUT2D eigenvalue weighted by Gasteiger charge is 2.06. The Morgan fingerprint density at radius 1 is 1.17 bits per heavy atom. The zero-order valence-corrected chi connectivity index (χ0v) is 12.5. The molecule has 0 aliphatic rings. The molecule has 0 spiro atoms. The van der Waals surface area contributed by atoms with Crippen molar-refractivity contribution in [2.24, 2.45) is 0 Å². The molecule has 0 aromatic heterocycles. The van der Waals surface area contributed by atoms with Gasteiger partial charge in [0.1, 0.15) is 0 Å². The number of aliphatic hydroxyl groups is 1. The molecule has 2 N–H and O–H groups in total. The van der Waals surface area contributed by atoms with Gasteiger partial charge in [-0.15, -0.1) is 0 Å². The lowest BCUT2D eigenvalue weighted by molar-refractivity contribution is 0.191. The second-order valence-corrected chi connectivity index (χ2v) is 5.64. The smallest absolute Gasteiger partial charge is 0.0962 e. The molecule has 4 heteroatoms. The van der Waals surface area contributed by atoms with Crippen LogP contribution in [0.5, 0.6) is 0 Å². The Kier molecular flexibility index (Phi) is 4.86. The summed E-state index contributed by atoms with van der Waals surface area (Å²) in [5.41, 5.74) is 1.87. The van der Waals surface area contributed by atoms with Gasteiger partial charge in [0.15, 0.2) is 0 Å². The molecule has 0 fully saturated rings. The van der Waals surface area contributed by atoms with E-state index >= 15 is 0 Å². The highest BCUT2D eigenvalue weighted by atomic mass is 127. The van der Waals surface area contributed by atoms with Gasteiger partial charge in [-0.3, -0.25) is 0 Å². The molecule has 2 nitrogen and oxygen atoms in total. The number of hydrogen-bond donors (Lipinski definition) is 2. The minimum Gasteiger partial charge on any atom is -0.387 e. The fourth-order valence-corrected chi connectivity index (χ4v) is 2.28. The van der Waals surface area contributed by atoms with Gasteiger partial charge < -0.3 is 10.4 Å². The monoisotopic (exact) mass is 373 g/mol. The fraction of sp³-hybridized carbons (Fsp3) is 0.143. The molecule has 0 aliphatic heterocycles. The maximum atomic E-state index is 10.0. The van der Waals surface area contributed by atoms with Crippen molar-refractivity contribution in [2.45, 2.75) is 6.10 Å². The SMILES string of the molecule is OC(CNc1cccc(I)c1)c1ccc(Cl)cc1. The van der Waals surface area contributed by atoms with Crippen LogP contribution in [0.25, 0.3) is 0 Å². The van der Waals surface area contributed by atoms with Crippen LogP contribution >= 0.6 is 34.2 Å². The van der Waals surface area contributed by atoms with E-state index in [0.29, 0.717) is 11.6 Å². The third-order valence-corrected chi connectivity index (χ3v) is 3.50. The molecule has 1 unspecified atom stereocenters. The van der Waals surface area contributed by atoms with Crippen LogP contribution in [0.4, 0.5) is 5.69 Å². The van der Waals surface area contributed by atoms with E-state index in [2.05, 4.69) is 27.9 Å². The van der Waals surface area contributed by atoms with Crippen molar-refractivity contribution in [3.63, 3.8) is 0 Å². The molecular formula is C14H13ClINO. The van der Waals surface area contributed by atoms with Gasteiger partial charge in [-0.05, 0) is 58.5 Å². The number of nitrogens with one attached hydrogen (secondary N) is 1. The average Bonchev–Trinajstić information content (AvgIpc) is 2.37. The summed E-state index contributed by atoms with van der Waals surface area (Å²) < 4.78 is 1.17. The van der Waals surface area contributed by atoms with E-state index in [9.17, 15) is 5.11 Å². The summed E-state index contributed by atoms with van der Waals surface area (Å²) in [4.78, 5) is 0. The van der Waals surface area contributed by atoms with Crippen LogP contribution in [0.1, 0.15) is 11.7 Å². The van der Waals surface area contributed by atoms with Crippen molar-refractivity contribution in [1.29, 1.82) is 0 Å². The molecule has 0 heterocycles. The highest BCUT2D eigenvalue weighted by Crippen LogP contribution is 2.18. The van der Waals surface area contributed by atoms with E-state index in [1.165, 1.54) is 3.57 Å². The first-order valence-corrected chi connectivity index (χ1v) is 7.04. The van der Waals surface area contributed by atoms with Gasteiger partial charge in [0.2, 0.25) is 0 Å². The highest BCUT2D eigenvalue weighted by molar-refractivity contribution is 14.1. The Hall–Kier alpha value is -0.780. The predicted octanol–water partition coefficient (Wildman–Crippen LogP) is 4.09. The minimum atomic E-state index is -0.542. The normalized spacial score (nSPS) is 12.2. The van der Waals surface area contributed by atoms with Crippen LogP contribution in [0, 0.1) is 3.57 Å². The van der Waals surface area contributed by atoms with Crippen molar-refractivity contribution in [1.82, 2.24) is 0 Å². The number of halogens is 2. The number of hydrogen-bond acceptors (Lipinski definition) is 2. The molecule has 94 valence electrons. The topological polar surface area (TPSA) is 32.3 Å². The number of rotatable bonds is 4. The minimum absolute atomic E-state index is 0.474. The number of aliphatic hydroxyl groups excluding tert-OH is 1. The lowest BCUT2D eigenvalue weighted by Gasteiger charge is -2.13. The molecule has 1 atom stereocenters. The van der Waals surface area contributed by atoms with Gasteiger partial charge >= 0.3 is 0 Å². The summed E-state index contributed by atoms with van der Waals surface area (Å²) in [7, 11) is 0. The molecule has 0 amide bonds. The Labute approximate surface area is 125 Å². The summed E-state index contributed by atoms with van der Waals surface area (Å²) in [5.74, 6) is 0. The zero-order chi connectivity index (χ0) is 13.0. The van der Waals surface area contributed by atoms with Crippen molar-refractivity contribution >= 4 is 39.9 Å². The van der Waals surface area contributed by atoms with Crippen molar-refractivity contribution in [3.8, 4) is 0 Å². The lowest BCUT2D eigenvalue weighted by atomic mass is 10.1. The summed E-state index contributed by atoms with van der Waals surface area (Å²) in [6.45, 7) is 0.474. The molecule has 0 bridgehead atoms. The molecule has 0 radical (unpaired) electrons. The van der Waals surface area contributed by atoms with Gasteiger partial charge in [0.25, 0.3) is 0 Å². The molecule has 2 aromatic carbocycles. The molecule has 0 saturated heterocycles. The maximum Gasteiger partial charge on any atom is 0.0962 e. The average molecular weight is 374 g/mol. The van der Waals surface area contributed by atoms with Gasteiger partial charge in [0, 0.05) is 20.8 Å². The van der Waals surface area contributed by atoms with Crippen molar-refractivity contribution < 1.29 is 5.11 Å². The quantitative estimate of drug-likeness (QED) is 0.791. The summed E-state index contributed by atoms with van der Waals surface area (Å²) in [6.07, 6.45) is -0.542. The molecule has 18 heavy (non-hydrogen) atoms. The van der Waals surface area contributed by atoms with Gasteiger partial charge in [0.05, 0.1) is 6.10 Å². The fourth-order valence-electron chi connectivity index (χ4n) is 1.62. The van der Waals surface area contributed by atoms with E-state index in [1.54, 1.807) is 12.1 Å². The van der Waals surface area contributed by atoms with E-state index < -0.39 is 6.10 Å². The van der Waals surface area contributed by atoms with Crippen LogP contribution in [-0.2, 0) is 0 Å². The van der Waals surface area contributed by atoms with E-state index in [1.807, 2.05) is 36.4 Å². The second kappa shape index (κ2) is 6.41.